The Labute approximate surface area is 146 Å². The summed E-state index contributed by atoms with van der Waals surface area (Å²) in [5.74, 6) is 1.81. The van der Waals surface area contributed by atoms with Gasteiger partial charge in [0.1, 0.15) is 5.75 Å². The molecule has 1 saturated heterocycles. The zero-order valence-electron chi connectivity index (χ0n) is 15.5. The van der Waals surface area contributed by atoms with Gasteiger partial charge < -0.3 is 15.4 Å². The number of ether oxygens (including phenoxy) is 1. The van der Waals surface area contributed by atoms with Crippen molar-refractivity contribution < 1.29 is 9.53 Å². The van der Waals surface area contributed by atoms with Gasteiger partial charge in [-0.1, -0.05) is 26.0 Å². The molecule has 2 N–H and O–H groups in total. The van der Waals surface area contributed by atoms with Crippen LogP contribution in [0.15, 0.2) is 18.2 Å². The zero-order valence-corrected chi connectivity index (χ0v) is 15.5. The van der Waals surface area contributed by atoms with Crippen molar-refractivity contribution in [2.45, 2.75) is 59.6 Å². The molecule has 0 aromatic heterocycles. The predicted molar refractivity (Wildman–Crippen MR) is 98.2 cm³/mol. The lowest BCUT2D eigenvalue weighted by molar-refractivity contribution is -0.125. The molecule has 24 heavy (non-hydrogen) atoms. The smallest absolute Gasteiger partial charge is 0.223 e. The Morgan fingerprint density at radius 3 is 2.67 bits per heavy atom. The molecular weight excluding hydrogens is 300 g/mol. The minimum atomic E-state index is 0.140. The van der Waals surface area contributed by atoms with Crippen molar-refractivity contribution in [2.75, 3.05) is 13.1 Å². The summed E-state index contributed by atoms with van der Waals surface area (Å²) in [5.41, 5.74) is 2.23. The van der Waals surface area contributed by atoms with Gasteiger partial charge in [-0.25, -0.2) is 0 Å². The van der Waals surface area contributed by atoms with Crippen LogP contribution < -0.4 is 15.4 Å². The second-order valence-electron chi connectivity index (χ2n) is 7.41. The van der Waals surface area contributed by atoms with E-state index < -0.39 is 0 Å². The van der Waals surface area contributed by atoms with Crippen LogP contribution in [0.5, 0.6) is 5.75 Å². The Kier molecular flexibility index (Phi) is 7.10. The standard InChI is InChI=1S/C20H32N2O2/c1-14(2)11-16(4)24-19-12-15(3)5-6-18(19)13-22-20(23)17-7-9-21-10-8-17/h5-6,12,14,16-17,21H,7-11,13H2,1-4H3,(H,22,23). The van der Waals surface area contributed by atoms with E-state index in [1.807, 2.05) is 0 Å². The summed E-state index contributed by atoms with van der Waals surface area (Å²) in [6.45, 7) is 11.0. The fourth-order valence-electron chi connectivity index (χ4n) is 3.26. The van der Waals surface area contributed by atoms with Gasteiger partial charge in [-0.15, -0.1) is 0 Å². The highest BCUT2D eigenvalue weighted by Crippen LogP contribution is 2.23. The van der Waals surface area contributed by atoms with E-state index in [2.05, 4.69) is 56.5 Å². The van der Waals surface area contributed by atoms with Crippen LogP contribution in [-0.2, 0) is 11.3 Å². The normalized spacial score (nSPS) is 16.9. The van der Waals surface area contributed by atoms with Crippen molar-refractivity contribution in [1.82, 2.24) is 10.6 Å². The van der Waals surface area contributed by atoms with E-state index in [0.717, 1.165) is 43.7 Å². The van der Waals surface area contributed by atoms with Crippen LogP contribution in [-0.4, -0.2) is 25.1 Å². The number of rotatable bonds is 7. The van der Waals surface area contributed by atoms with Crippen LogP contribution in [0.2, 0.25) is 0 Å². The van der Waals surface area contributed by atoms with Gasteiger partial charge in [0.05, 0.1) is 6.10 Å². The molecule has 1 amide bonds. The fourth-order valence-corrected chi connectivity index (χ4v) is 3.26. The third kappa shape index (κ3) is 5.82. The van der Waals surface area contributed by atoms with Crippen LogP contribution in [0.4, 0.5) is 0 Å². The number of carbonyl (C=O) groups excluding carboxylic acids is 1. The summed E-state index contributed by atoms with van der Waals surface area (Å²) >= 11 is 0. The highest BCUT2D eigenvalue weighted by molar-refractivity contribution is 5.78. The van der Waals surface area contributed by atoms with Crippen molar-refractivity contribution in [3.8, 4) is 5.75 Å². The molecule has 1 aliphatic rings. The first-order chi connectivity index (χ1) is 11.5. The quantitative estimate of drug-likeness (QED) is 0.804. The van der Waals surface area contributed by atoms with E-state index in [4.69, 9.17) is 4.74 Å². The first kappa shape index (κ1) is 18.8. The van der Waals surface area contributed by atoms with E-state index in [1.54, 1.807) is 0 Å². The van der Waals surface area contributed by atoms with Gasteiger partial charge in [-0.05, 0) is 63.7 Å². The van der Waals surface area contributed by atoms with Crippen LogP contribution >= 0.6 is 0 Å². The van der Waals surface area contributed by atoms with Crippen LogP contribution in [0, 0.1) is 18.8 Å². The van der Waals surface area contributed by atoms with Crippen LogP contribution in [0.25, 0.3) is 0 Å². The van der Waals surface area contributed by atoms with Crippen LogP contribution in [0.3, 0.4) is 0 Å². The minimum Gasteiger partial charge on any atom is -0.490 e. The molecule has 1 aliphatic heterocycles. The maximum absolute atomic E-state index is 12.3. The monoisotopic (exact) mass is 332 g/mol. The maximum Gasteiger partial charge on any atom is 0.223 e. The number of carbonyl (C=O) groups is 1. The van der Waals surface area contributed by atoms with E-state index in [-0.39, 0.29) is 17.9 Å². The largest absolute Gasteiger partial charge is 0.490 e. The SMILES string of the molecule is Cc1ccc(CNC(=O)C2CCNCC2)c(OC(C)CC(C)C)c1. The number of piperidine rings is 1. The lowest BCUT2D eigenvalue weighted by Crippen LogP contribution is -2.37. The third-order valence-electron chi connectivity index (χ3n) is 4.52. The van der Waals surface area contributed by atoms with E-state index in [9.17, 15) is 4.79 Å². The molecule has 0 aliphatic carbocycles. The summed E-state index contributed by atoms with van der Waals surface area (Å²) in [4.78, 5) is 12.3. The first-order valence-electron chi connectivity index (χ1n) is 9.20. The number of hydrogen-bond acceptors (Lipinski definition) is 3. The van der Waals surface area contributed by atoms with Crippen molar-refractivity contribution in [2.24, 2.45) is 11.8 Å². The number of amides is 1. The molecule has 0 radical (unpaired) electrons. The second kappa shape index (κ2) is 9.07. The number of hydrogen-bond donors (Lipinski definition) is 2. The molecular formula is C20H32N2O2. The third-order valence-corrected chi connectivity index (χ3v) is 4.52. The molecule has 0 saturated carbocycles. The molecule has 1 heterocycles. The Bertz CT molecular complexity index is 536. The molecule has 2 rings (SSSR count). The summed E-state index contributed by atoms with van der Waals surface area (Å²) < 4.78 is 6.15. The second-order valence-corrected chi connectivity index (χ2v) is 7.41. The topological polar surface area (TPSA) is 50.4 Å². The summed E-state index contributed by atoms with van der Waals surface area (Å²) in [5, 5.41) is 6.39. The van der Waals surface area contributed by atoms with E-state index in [1.165, 1.54) is 5.56 Å². The molecule has 4 nitrogen and oxygen atoms in total. The average molecular weight is 332 g/mol. The van der Waals surface area contributed by atoms with Gasteiger partial charge >= 0.3 is 0 Å². The Balaban J connectivity index is 1.97. The predicted octanol–water partition coefficient (Wildman–Crippen LogP) is 3.42. The molecule has 0 spiro atoms. The summed E-state index contributed by atoms with van der Waals surface area (Å²) in [7, 11) is 0. The Morgan fingerprint density at radius 1 is 1.29 bits per heavy atom. The lowest BCUT2D eigenvalue weighted by Gasteiger charge is -2.23. The maximum atomic E-state index is 12.3. The van der Waals surface area contributed by atoms with Crippen molar-refractivity contribution >= 4 is 5.91 Å². The Hall–Kier alpha value is -1.55. The molecule has 4 heteroatoms. The van der Waals surface area contributed by atoms with Gasteiger partial charge in [-0.2, -0.15) is 0 Å². The average Bonchev–Trinajstić information content (AvgIpc) is 2.54. The fraction of sp³-hybridized carbons (Fsp3) is 0.650. The van der Waals surface area contributed by atoms with Crippen LogP contribution in [0.1, 0.15) is 51.2 Å². The Morgan fingerprint density at radius 2 is 2.00 bits per heavy atom. The van der Waals surface area contributed by atoms with Gasteiger partial charge in [-0.3, -0.25) is 4.79 Å². The van der Waals surface area contributed by atoms with Crippen molar-refractivity contribution in [1.29, 1.82) is 0 Å². The van der Waals surface area contributed by atoms with E-state index in [0.29, 0.717) is 12.5 Å². The molecule has 1 unspecified atom stereocenters. The molecule has 1 atom stereocenters. The van der Waals surface area contributed by atoms with Gasteiger partial charge in [0.15, 0.2) is 0 Å². The summed E-state index contributed by atoms with van der Waals surface area (Å²) in [6, 6.07) is 6.21. The first-order valence-corrected chi connectivity index (χ1v) is 9.20. The molecule has 1 aromatic carbocycles. The van der Waals surface area contributed by atoms with Crippen molar-refractivity contribution in [3.63, 3.8) is 0 Å². The van der Waals surface area contributed by atoms with Gasteiger partial charge in [0.2, 0.25) is 5.91 Å². The highest BCUT2D eigenvalue weighted by atomic mass is 16.5. The number of benzene rings is 1. The van der Waals surface area contributed by atoms with E-state index >= 15 is 0 Å². The highest BCUT2D eigenvalue weighted by Gasteiger charge is 2.21. The lowest BCUT2D eigenvalue weighted by atomic mass is 9.97. The molecule has 1 fully saturated rings. The van der Waals surface area contributed by atoms with Gasteiger partial charge in [0.25, 0.3) is 0 Å². The van der Waals surface area contributed by atoms with Crippen molar-refractivity contribution in [3.05, 3.63) is 29.3 Å². The molecule has 0 bridgehead atoms. The number of nitrogens with one attached hydrogen (secondary N) is 2. The molecule has 134 valence electrons. The minimum absolute atomic E-state index is 0.140. The zero-order chi connectivity index (χ0) is 17.5. The number of aryl methyl sites for hydroxylation is 1. The molecule has 1 aromatic rings. The van der Waals surface area contributed by atoms with Gasteiger partial charge in [0, 0.05) is 18.0 Å². The summed E-state index contributed by atoms with van der Waals surface area (Å²) in [6.07, 6.45) is 3.04.